The van der Waals surface area contributed by atoms with E-state index in [0.29, 0.717) is 28.0 Å². The van der Waals surface area contributed by atoms with Crippen LogP contribution in [0.25, 0.3) is 5.69 Å². The van der Waals surface area contributed by atoms with E-state index in [4.69, 9.17) is 4.74 Å². The molecule has 3 rings (SSSR count). The Labute approximate surface area is 159 Å². The van der Waals surface area contributed by atoms with Crippen molar-refractivity contribution in [3.8, 4) is 11.4 Å². The van der Waals surface area contributed by atoms with Crippen molar-refractivity contribution in [3.05, 3.63) is 75.9 Å². The molecule has 9 heteroatoms. The Morgan fingerprint density at radius 2 is 1.93 bits per heavy atom. The fraction of sp³-hybridized carbons (Fsp3) is 0.222. The second-order valence-corrected chi connectivity index (χ2v) is 6.88. The number of hydrogen-bond acceptors (Lipinski definition) is 6. The molecule has 1 atom stereocenters. The van der Waals surface area contributed by atoms with Crippen LogP contribution in [0, 0.1) is 22.9 Å². The molecule has 0 aliphatic rings. The van der Waals surface area contributed by atoms with Crippen molar-refractivity contribution in [1.82, 2.24) is 14.8 Å². The van der Waals surface area contributed by atoms with Gasteiger partial charge in [0.25, 0.3) is 0 Å². The number of benzene rings is 2. The molecular weight excluding hydrogens is 371 g/mol. The molecule has 0 bridgehead atoms. The van der Waals surface area contributed by atoms with Crippen molar-refractivity contribution in [2.24, 2.45) is 0 Å². The summed E-state index contributed by atoms with van der Waals surface area (Å²) < 4.78 is 20.4. The number of aryl methyl sites for hydroxylation is 1. The molecule has 0 unspecified atom stereocenters. The summed E-state index contributed by atoms with van der Waals surface area (Å²) in [4.78, 5) is 10.9. The minimum atomic E-state index is -0.529. The Hall–Kier alpha value is -2.94. The molecule has 2 aromatic carbocycles. The topological polar surface area (TPSA) is 83.1 Å². The van der Waals surface area contributed by atoms with E-state index >= 15 is 0 Å². The first-order chi connectivity index (χ1) is 13.0. The maximum absolute atomic E-state index is 13.3. The number of nitro groups is 1. The van der Waals surface area contributed by atoms with Gasteiger partial charge in [0, 0.05) is 16.2 Å². The van der Waals surface area contributed by atoms with E-state index in [1.54, 1.807) is 47.9 Å². The van der Waals surface area contributed by atoms with Crippen LogP contribution in [-0.2, 0) is 0 Å². The number of hydrogen-bond donors (Lipinski definition) is 0. The lowest BCUT2D eigenvalue weighted by Crippen LogP contribution is -2.12. The first kappa shape index (κ1) is 18.8. The molecule has 1 heterocycles. The molecule has 0 N–H and O–H groups in total. The fourth-order valence-corrected chi connectivity index (χ4v) is 3.90. The number of methoxy groups -OCH3 is 1. The lowest BCUT2D eigenvalue weighted by Gasteiger charge is -2.16. The van der Waals surface area contributed by atoms with E-state index in [1.807, 2.05) is 0 Å². The van der Waals surface area contributed by atoms with Crippen LogP contribution in [-0.4, -0.2) is 33.3 Å². The molecule has 3 aromatic rings. The summed E-state index contributed by atoms with van der Waals surface area (Å²) in [7, 11) is 1.53. The Kier molecular flexibility index (Phi) is 5.70. The highest BCUT2D eigenvalue weighted by Crippen LogP contribution is 2.39. The molecule has 0 amide bonds. The third-order valence-corrected chi connectivity index (χ3v) is 5.09. The van der Waals surface area contributed by atoms with E-state index in [1.165, 1.54) is 31.0 Å². The molecule has 140 valence electrons. The van der Waals surface area contributed by atoms with Crippen LogP contribution in [0.5, 0.6) is 5.75 Å². The van der Waals surface area contributed by atoms with Crippen LogP contribution in [0.3, 0.4) is 0 Å². The van der Waals surface area contributed by atoms with Crippen LogP contribution in [0.1, 0.15) is 16.6 Å². The zero-order valence-electron chi connectivity index (χ0n) is 14.7. The van der Waals surface area contributed by atoms with Gasteiger partial charge in [0.1, 0.15) is 22.6 Å². The number of thioether (sulfide) groups is 1. The quantitative estimate of drug-likeness (QED) is 0.347. The molecule has 0 radical (unpaired) electrons. The van der Waals surface area contributed by atoms with E-state index in [2.05, 4.69) is 10.2 Å². The third-order valence-electron chi connectivity index (χ3n) is 3.93. The predicted octanol–water partition coefficient (Wildman–Crippen LogP) is 3.83. The smallest absolute Gasteiger partial charge is 0.220 e. The van der Waals surface area contributed by atoms with Crippen molar-refractivity contribution in [2.45, 2.75) is 17.3 Å². The molecule has 0 saturated heterocycles. The molecule has 1 aromatic heterocycles. The Balaban J connectivity index is 2.00. The first-order valence-corrected chi connectivity index (χ1v) is 8.97. The van der Waals surface area contributed by atoms with E-state index in [9.17, 15) is 14.5 Å². The molecule has 0 fully saturated rings. The van der Waals surface area contributed by atoms with Crippen LogP contribution < -0.4 is 4.74 Å². The normalized spacial score (nSPS) is 12.0. The average Bonchev–Trinajstić information content (AvgIpc) is 3.02. The number of para-hydroxylation sites is 1. The lowest BCUT2D eigenvalue weighted by atomic mass is 10.1. The largest absolute Gasteiger partial charge is 0.496 e. The summed E-state index contributed by atoms with van der Waals surface area (Å²) in [6.07, 6.45) is 0. The van der Waals surface area contributed by atoms with Gasteiger partial charge in [-0.2, -0.15) is 0 Å². The number of nitrogens with zero attached hydrogens (tertiary/aromatic N) is 4. The highest BCUT2D eigenvalue weighted by atomic mass is 32.2. The van der Waals surface area contributed by atoms with Gasteiger partial charge < -0.3 is 4.74 Å². The second-order valence-electron chi connectivity index (χ2n) is 5.71. The number of halogens is 1. The minimum Gasteiger partial charge on any atom is -0.496 e. The van der Waals surface area contributed by atoms with E-state index < -0.39 is 5.25 Å². The van der Waals surface area contributed by atoms with Gasteiger partial charge in [-0.1, -0.05) is 30.0 Å². The Morgan fingerprint density at radius 1 is 1.22 bits per heavy atom. The molecule has 0 aliphatic heterocycles. The third kappa shape index (κ3) is 4.25. The zero-order valence-corrected chi connectivity index (χ0v) is 15.5. The first-order valence-electron chi connectivity index (χ1n) is 8.09. The van der Waals surface area contributed by atoms with Crippen molar-refractivity contribution >= 4 is 11.8 Å². The van der Waals surface area contributed by atoms with Crippen molar-refractivity contribution in [2.75, 3.05) is 13.7 Å². The van der Waals surface area contributed by atoms with Crippen LogP contribution in [0.2, 0.25) is 0 Å². The SMILES string of the molecule is COc1ccccc1[C@@H](C[N+](=O)[O-])Sc1nnc(C)n1-c1ccc(F)cc1. The second kappa shape index (κ2) is 8.17. The molecule has 0 aliphatic carbocycles. The maximum Gasteiger partial charge on any atom is 0.220 e. The van der Waals surface area contributed by atoms with Gasteiger partial charge in [-0.3, -0.25) is 14.7 Å². The highest BCUT2D eigenvalue weighted by molar-refractivity contribution is 7.99. The summed E-state index contributed by atoms with van der Waals surface area (Å²) in [5, 5.41) is 19.4. The average molecular weight is 388 g/mol. The zero-order chi connectivity index (χ0) is 19.4. The molecule has 0 saturated carbocycles. The summed E-state index contributed by atoms with van der Waals surface area (Å²) in [5.74, 6) is 0.823. The Bertz CT molecular complexity index is 946. The molecular formula is C18H17FN4O3S. The van der Waals surface area contributed by atoms with Gasteiger partial charge in [0.2, 0.25) is 6.54 Å². The highest BCUT2D eigenvalue weighted by Gasteiger charge is 2.26. The van der Waals surface area contributed by atoms with Crippen LogP contribution >= 0.6 is 11.8 Å². The van der Waals surface area contributed by atoms with Crippen LogP contribution in [0.4, 0.5) is 4.39 Å². The lowest BCUT2D eigenvalue weighted by molar-refractivity contribution is -0.479. The van der Waals surface area contributed by atoms with Gasteiger partial charge in [-0.25, -0.2) is 4.39 Å². The standard InChI is InChI=1S/C18H17FN4O3S/c1-12-20-21-18(23(12)14-9-7-13(19)8-10-14)27-17(11-22(24)25)15-5-3-4-6-16(15)26-2/h3-10,17H,11H2,1-2H3/t17-/m1/s1. The summed E-state index contributed by atoms with van der Waals surface area (Å²) in [6, 6.07) is 13.1. The molecule has 7 nitrogen and oxygen atoms in total. The summed E-state index contributed by atoms with van der Waals surface area (Å²) >= 11 is 1.22. The van der Waals surface area contributed by atoms with Crippen LogP contribution in [0.15, 0.2) is 53.7 Å². The minimum absolute atomic E-state index is 0.305. The van der Waals surface area contributed by atoms with Crippen molar-refractivity contribution in [3.63, 3.8) is 0 Å². The van der Waals surface area contributed by atoms with E-state index in [0.717, 1.165) is 0 Å². The maximum atomic E-state index is 13.3. The summed E-state index contributed by atoms with van der Waals surface area (Å²) in [6.45, 7) is 1.46. The monoisotopic (exact) mass is 388 g/mol. The van der Waals surface area contributed by atoms with Gasteiger partial charge in [0.05, 0.1) is 7.11 Å². The molecule has 0 spiro atoms. The van der Waals surface area contributed by atoms with Crippen molar-refractivity contribution < 1.29 is 14.1 Å². The number of rotatable bonds is 7. The van der Waals surface area contributed by atoms with E-state index in [-0.39, 0.29) is 17.3 Å². The van der Waals surface area contributed by atoms with Gasteiger partial charge in [0.15, 0.2) is 5.16 Å². The van der Waals surface area contributed by atoms with Gasteiger partial charge >= 0.3 is 0 Å². The van der Waals surface area contributed by atoms with Gasteiger partial charge in [-0.15, -0.1) is 10.2 Å². The van der Waals surface area contributed by atoms with Gasteiger partial charge in [-0.05, 0) is 37.3 Å². The number of aromatic nitrogens is 3. The van der Waals surface area contributed by atoms with Crippen molar-refractivity contribution in [1.29, 1.82) is 0 Å². The summed E-state index contributed by atoms with van der Waals surface area (Å²) in [5.41, 5.74) is 1.38. The molecule has 27 heavy (non-hydrogen) atoms. The predicted molar refractivity (Wildman–Crippen MR) is 99.5 cm³/mol. The Morgan fingerprint density at radius 3 is 2.59 bits per heavy atom. The fourth-order valence-electron chi connectivity index (χ4n) is 2.70. The number of ether oxygens (including phenoxy) is 1.